The van der Waals surface area contributed by atoms with Gasteiger partial charge in [-0.15, -0.1) is 0 Å². The first kappa shape index (κ1) is 22.9. The van der Waals surface area contributed by atoms with Gasteiger partial charge in [0.15, 0.2) is 0 Å². The number of carbonyl (C=O) groups is 2. The van der Waals surface area contributed by atoms with Crippen LogP contribution in [0.25, 0.3) is 0 Å². The quantitative estimate of drug-likeness (QED) is 0.577. The van der Waals surface area contributed by atoms with Crippen LogP contribution in [0, 0.1) is 17.8 Å². The third-order valence-corrected chi connectivity index (χ3v) is 7.72. The van der Waals surface area contributed by atoms with Gasteiger partial charge in [-0.25, -0.2) is 4.79 Å². The van der Waals surface area contributed by atoms with E-state index in [4.69, 9.17) is 4.74 Å². The minimum Gasteiger partial charge on any atom is -0.490 e. The molecule has 2 unspecified atom stereocenters. The number of ether oxygens (including phenoxy) is 1. The number of carbonyl (C=O) groups excluding carboxylic acids is 2. The lowest BCUT2D eigenvalue weighted by Crippen LogP contribution is -2.45. The molecule has 3 amide bonds. The van der Waals surface area contributed by atoms with Gasteiger partial charge in [0.05, 0.1) is 6.10 Å². The van der Waals surface area contributed by atoms with Crippen LogP contribution >= 0.6 is 0 Å². The number of hydrogen-bond acceptors (Lipinski definition) is 3. The van der Waals surface area contributed by atoms with Gasteiger partial charge in [-0.1, -0.05) is 19.3 Å². The Morgan fingerprint density at radius 2 is 1.62 bits per heavy atom. The maximum Gasteiger partial charge on any atom is 0.315 e. The summed E-state index contributed by atoms with van der Waals surface area (Å²) < 4.78 is 6.08. The van der Waals surface area contributed by atoms with Gasteiger partial charge in [0, 0.05) is 25.2 Å². The number of urea groups is 1. The van der Waals surface area contributed by atoms with Crippen LogP contribution in [0.15, 0.2) is 24.3 Å². The minimum atomic E-state index is -0.0947. The molecule has 3 N–H and O–H groups in total. The molecular weight excluding hydrogens is 402 g/mol. The third kappa shape index (κ3) is 6.39. The largest absolute Gasteiger partial charge is 0.490 e. The van der Waals surface area contributed by atoms with E-state index in [-0.39, 0.29) is 24.1 Å². The first-order valence-corrected chi connectivity index (χ1v) is 12.6. The number of fused-ring (bicyclic) bond motifs is 2. The fourth-order valence-corrected chi connectivity index (χ4v) is 6.08. The van der Waals surface area contributed by atoms with E-state index in [1.165, 1.54) is 38.5 Å². The van der Waals surface area contributed by atoms with E-state index in [9.17, 15) is 9.59 Å². The highest BCUT2D eigenvalue weighted by atomic mass is 16.5. The van der Waals surface area contributed by atoms with E-state index in [0.717, 1.165) is 62.2 Å². The van der Waals surface area contributed by atoms with Gasteiger partial charge in [0.25, 0.3) is 5.91 Å². The Morgan fingerprint density at radius 1 is 0.938 bits per heavy atom. The molecule has 3 saturated carbocycles. The highest BCUT2D eigenvalue weighted by molar-refractivity contribution is 5.94. The van der Waals surface area contributed by atoms with Crippen molar-refractivity contribution in [3.05, 3.63) is 29.8 Å². The molecule has 2 atom stereocenters. The lowest BCUT2D eigenvalue weighted by molar-refractivity contribution is 0.0963. The van der Waals surface area contributed by atoms with Crippen molar-refractivity contribution in [3.63, 3.8) is 0 Å². The summed E-state index contributed by atoms with van der Waals surface area (Å²) in [5.74, 6) is 3.40. The van der Waals surface area contributed by atoms with E-state index in [1.54, 1.807) is 19.2 Å². The van der Waals surface area contributed by atoms with Gasteiger partial charge in [0.1, 0.15) is 5.75 Å². The minimum absolute atomic E-state index is 0.0184. The molecule has 4 rings (SSSR count). The van der Waals surface area contributed by atoms with Crippen molar-refractivity contribution in [1.29, 1.82) is 0 Å². The standard InChI is InChI=1S/C26H39N3O3/c1-27-25(30)21-5-9-23(10-6-21)32-24-11-7-22(8-12-24)29-26(31)28-14-13-20-16-18-3-2-4-19(15-18)17-20/h5-6,9-10,18-20,22,24H,2-4,7-8,11-17H2,1H3,(H,27,30)(H2,28,29,31). The maximum atomic E-state index is 12.3. The molecule has 0 aromatic heterocycles. The Morgan fingerprint density at radius 3 is 2.28 bits per heavy atom. The molecule has 0 radical (unpaired) electrons. The highest BCUT2D eigenvalue weighted by Crippen LogP contribution is 2.43. The Balaban J connectivity index is 1.10. The van der Waals surface area contributed by atoms with Gasteiger partial charge in [-0.2, -0.15) is 0 Å². The zero-order chi connectivity index (χ0) is 22.3. The molecule has 1 aromatic carbocycles. The molecule has 3 aliphatic carbocycles. The second-order valence-corrected chi connectivity index (χ2v) is 10.1. The summed E-state index contributed by atoms with van der Waals surface area (Å²) >= 11 is 0. The van der Waals surface area contributed by atoms with E-state index in [0.29, 0.717) is 5.56 Å². The number of rotatable bonds is 7. The van der Waals surface area contributed by atoms with Gasteiger partial charge in [-0.3, -0.25) is 4.79 Å². The van der Waals surface area contributed by atoms with Gasteiger partial charge in [-0.05, 0) is 93.4 Å². The van der Waals surface area contributed by atoms with Gasteiger partial charge in [0.2, 0.25) is 0 Å². The van der Waals surface area contributed by atoms with Crippen LogP contribution in [0.3, 0.4) is 0 Å². The van der Waals surface area contributed by atoms with Gasteiger partial charge >= 0.3 is 6.03 Å². The van der Waals surface area contributed by atoms with Crippen molar-refractivity contribution >= 4 is 11.9 Å². The topological polar surface area (TPSA) is 79.5 Å². The molecule has 176 valence electrons. The van der Waals surface area contributed by atoms with Crippen molar-refractivity contribution in [2.24, 2.45) is 17.8 Å². The molecule has 0 spiro atoms. The van der Waals surface area contributed by atoms with Crippen molar-refractivity contribution in [2.45, 2.75) is 82.8 Å². The number of amides is 3. The molecule has 2 bridgehead atoms. The summed E-state index contributed by atoms with van der Waals surface area (Å²) in [6.07, 6.45) is 13.5. The summed E-state index contributed by atoms with van der Waals surface area (Å²) in [6.45, 7) is 0.792. The first-order valence-electron chi connectivity index (χ1n) is 12.6. The van der Waals surface area contributed by atoms with E-state index < -0.39 is 0 Å². The Bertz CT molecular complexity index is 746. The molecule has 1 aromatic rings. The molecule has 0 saturated heterocycles. The fourth-order valence-electron chi connectivity index (χ4n) is 6.08. The van der Waals surface area contributed by atoms with Crippen LogP contribution < -0.4 is 20.7 Å². The molecule has 6 nitrogen and oxygen atoms in total. The third-order valence-electron chi connectivity index (χ3n) is 7.72. The SMILES string of the molecule is CNC(=O)c1ccc(OC2CCC(NC(=O)NCCC3CC4CCCC(C4)C3)CC2)cc1. The number of benzene rings is 1. The zero-order valence-electron chi connectivity index (χ0n) is 19.4. The summed E-state index contributed by atoms with van der Waals surface area (Å²) in [6, 6.07) is 7.47. The Labute approximate surface area is 192 Å². The number of hydrogen-bond donors (Lipinski definition) is 3. The van der Waals surface area contributed by atoms with Gasteiger partial charge < -0.3 is 20.7 Å². The predicted octanol–water partition coefficient (Wildman–Crippen LogP) is 4.64. The molecule has 0 aliphatic heterocycles. The highest BCUT2D eigenvalue weighted by Gasteiger charge is 2.31. The van der Waals surface area contributed by atoms with Crippen LogP contribution in [-0.2, 0) is 0 Å². The fraction of sp³-hybridized carbons (Fsp3) is 0.692. The van der Waals surface area contributed by atoms with Crippen molar-refractivity contribution in [2.75, 3.05) is 13.6 Å². The van der Waals surface area contributed by atoms with Crippen molar-refractivity contribution in [3.8, 4) is 5.75 Å². The van der Waals surface area contributed by atoms with E-state index >= 15 is 0 Å². The molecule has 3 fully saturated rings. The van der Waals surface area contributed by atoms with Crippen LogP contribution in [0.4, 0.5) is 4.79 Å². The Hall–Kier alpha value is -2.24. The number of nitrogens with one attached hydrogen (secondary N) is 3. The maximum absolute atomic E-state index is 12.3. The predicted molar refractivity (Wildman–Crippen MR) is 126 cm³/mol. The summed E-state index contributed by atoms with van der Waals surface area (Å²) in [5.41, 5.74) is 0.630. The first-order chi connectivity index (χ1) is 15.6. The second kappa shape index (κ2) is 11.1. The van der Waals surface area contributed by atoms with Crippen LogP contribution in [0.5, 0.6) is 5.75 Å². The lowest BCUT2D eigenvalue weighted by atomic mass is 9.67. The van der Waals surface area contributed by atoms with Crippen LogP contribution in [0.2, 0.25) is 0 Å². The molecule has 3 aliphatic rings. The van der Waals surface area contributed by atoms with E-state index in [2.05, 4.69) is 16.0 Å². The zero-order valence-corrected chi connectivity index (χ0v) is 19.4. The van der Waals surface area contributed by atoms with E-state index in [1.807, 2.05) is 12.1 Å². The molecule has 0 heterocycles. The molecule has 6 heteroatoms. The molecule has 32 heavy (non-hydrogen) atoms. The summed E-state index contributed by atoms with van der Waals surface area (Å²) in [5, 5.41) is 8.88. The van der Waals surface area contributed by atoms with Crippen molar-refractivity contribution in [1.82, 2.24) is 16.0 Å². The summed E-state index contributed by atoms with van der Waals surface area (Å²) in [7, 11) is 1.63. The average Bonchev–Trinajstić information content (AvgIpc) is 2.80. The monoisotopic (exact) mass is 441 g/mol. The van der Waals surface area contributed by atoms with Crippen LogP contribution in [-0.4, -0.2) is 37.7 Å². The Kier molecular flexibility index (Phi) is 7.93. The van der Waals surface area contributed by atoms with Crippen LogP contribution in [0.1, 0.15) is 81.0 Å². The smallest absolute Gasteiger partial charge is 0.315 e. The molecular formula is C26H39N3O3. The second-order valence-electron chi connectivity index (χ2n) is 10.1. The summed E-state index contributed by atoms with van der Waals surface area (Å²) in [4.78, 5) is 24.0. The van der Waals surface area contributed by atoms with Crippen molar-refractivity contribution < 1.29 is 14.3 Å². The normalized spacial score (nSPS) is 29.6. The lowest BCUT2D eigenvalue weighted by Gasteiger charge is -2.39. The average molecular weight is 442 g/mol.